The summed E-state index contributed by atoms with van der Waals surface area (Å²) >= 11 is 1.47. The number of carbonyl (C=O) groups excluding carboxylic acids is 1. The minimum atomic E-state index is -1.30. The lowest BCUT2D eigenvalue weighted by atomic mass is 9.95. The van der Waals surface area contributed by atoms with Crippen molar-refractivity contribution in [1.29, 1.82) is 0 Å². The van der Waals surface area contributed by atoms with E-state index in [0.29, 0.717) is 18.3 Å². The summed E-state index contributed by atoms with van der Waals surface area (Å²) in [5.74, 6) is -2.52. The highest BCUT2D eigenvalue weighted by molar-refractivity contribution is 7.98. The number of hydrogen-bond donors (Lipinski definition) is 1. The van der Waals surface area contributed by atoms with Gasteiger partial charge in [0.25, 0.3) is 5.91 Å². The van der Waals surface area contributed by atoms with Crippen molar-refractivity contribution in [2.24, 2.45) is 0 Å². The van der Waals surface area contributed by atoms with Gasteiger partial charge < -0.3 is 9.64 Å². The molecule has 9 heteroatoms. The molecule has 1 unspecified atom stereocenters. The molecule has 4 nitrogen and oxygen atoms in total. The lowest BCUT2D eigenvalue weighted by molar-refractivity contribution is -0.157. The van der Waals surface area contributed by atoms with E-state index in [1.54, 1.807) is 12.1 Å². The van der Waals surface area contributed by atoms with Crippen molar-refractivity contribution in [3.05, 3.63) is 59.4 Å². The molecule has 2 saturated heterocycles. The normalized spacial score (nSPS) is 27.0. The molecule has 1 N–H and O–H groups in total. The van der Waals surface area contributed by atoms with Crippen molar-refractivity contribution >= 4 is 17.9 Å². The van der Waals surface area contributed by atoms with Crippen LogP contribution in [-0.2, 0) is 16.0 Å². The van der Waals surface area contributed by atoms with Gasteiger partial charge in [0.15, 0.2) is 0 Å². The molecule has 1 amide bonds. The SMILES string of the molecule is O=C(C1CCO1)N1C[C@H](F)[C@H](NSC2CC2)[C@@H]1Cc1cccc(-c2cc(F)cc(F)c2)c1F. The number of nitrogens with one attached hydrogen (secondary N) is 1. The van der Waals surface area contributed by atoms with Crippen LogP contribution in [0.1, 0.15) is 24.8 Å². The van der Waals surface area contributed by atoms with Crippen LogP contribution in [0.25, 0.3) is 11.1 Å². The van der Waals surface area contributed by atoms with Crippen molar-refractivity contribution in [3.63, 3.8) is 0 Å². The number of ether oxygens (including phenoxy) is 1. The van der Waals surface area contributed by atoms with Gasteiger partial charge in [0.1, 0.15) is 29.7 Å². The number of alkyl halides is 1. The standard InChI is InChI=1S/C24H24F4N2O2S/c25-15-8-14(9-16(26)11-15)18-3-1-2-13(22(18)28)10-20-23(29-33-17-4-5-17)19(27)12-30(20)24(31)21-6-7-32-21/h1-3,8-9,11,17,19-21,23,29H,4-7,10,12H2/t19-,20-,21?,23-/m0/s1. The Balaban J connectivity index is 1.44. The van der Waals surface area contributed by atoms with Crippen molar-refractivity contribution in [2.75, 3.05) is 13.2 Å². The van der Waals surface area contributed by atoms with Gasteiger partial charge in [-0.2, -0.15) is 0 Å². The fraction of sp³-hybridized carbons (Fsp3) is 0.458. The third-order valence-corrected chi connectivity index (χ3v) is 7.62. The largest absolute Gasteiger partial charge is 0.368 e. The Bertz CT molecular complexity index is 1030. The van der Waals surface area contributed by atoms with Crippen LogP contribution in [0.4, 0.5) is 17.6 Å². The fourth-order valence-electron chi connectivity index (χ4n) is 4.39. The molecular formula is C24H24F4N2O2S. The van der Waals surface area contributed by atoms with Crippen molar-refractivity contribution in [3.8, 4) is 11.1 Å². The van der Waals surface area contributed by atoms with Crippen molar-refractivity contribution < 1.29 is 27.1 Å². The molecule has 5 rings (SSSR count). The van der Waals surface area contributed by atoms with Gasteiger partial charge in [-0.05, 0) is 42.5 Å². The predicted octanol–water partition coefficient (Wildman–Crippen LogP) is 4.42. The van der Waals surface area contributed by atoms with Gasteiger partial charge in [-0.25, -0.2) is 17.6 Å². The quantitative estimate of drug-likeness (QED) is 0.471. The maximum Gasteiger partial charge on any atom is 0.252 e. The Kier molecular flexibility index (Phi) is 6.37. The second-order valence-electron chi connectivity index (χ2n) is 8.82. The maximum absolute atomic E-state index is 15.5. The van der Waals surface area contributed by atoms with Gasteiger partial charge >= 0.3 is 0 Å². The molecule has 176 valence electrons. The van der Waals surface area contributed by atoms with Gasteiger partial charge in [0, 0.05) is 23.3 Å². The second-order valence-corrected chi connectivity index (χ2v) is 9.96. The van der Waals surface area contributed by atoms with Crippen LogP contribution >= 0.6 is 11.9 Å². The first-order chi connectivity index (χ1) is 15.9. The number of rotatable bonds is 7. The summed E-state index contributed by atoms with van der Waals surface area (Å²) in [6.07, 6.45) is 0.897. The first-order valence-electron chi connectivity index (χ1n) is 11.1. The summed E-state index contributed by atoms with van der Waals surface area (Å²) in [6, 6.07) is 6.20. The Hall–Kier alpha value is -2.10. The van der Waals surface area contributed by atoms with Crippen LogP contribution in [0.15, 0.2) is 36.4 Å². The molecule has 2 heterocycles. The Morgan fingerprint density at radius 2 is 1.85 bits per heavy atom. The van der Waals surface area contributed by atoms with Crippen LogP contribution in [0.3, 0.4) is 0 Å². The molecule has 2 aliphatic heterocycles. The zero-order valence-corrected chi connectivity index (χ0v) is 18.6. The second kappa shape index (κ2) is 9.27. The monoisotopic (exact) mass is 480 g/mol. The first-order valence-corrected chi connectivity index (χ1v) is 12.0. The van der Waals surface area contributed by atoms with E-state index in [0.717, 1.165) is 31.0 Å². The molecule has 0 bridgehead atoms. The maximum atomic E-state index is 15.5. The summed E-state index contributed by atoms with van der Waals surface area (Å²) in [5, 5.41) is 0.431. The number of hydrogen-bond acceptors (Lipinski definition) is 4. The van der Waals surface area contributed by atoms with E-state index in [2.05, 4.69) is 4.72 Å². The van der Waals surface area contributed by atoms with E-state index < -0.39 is 41.8 Å². The van der Waals surface area contributed by atoms with Crippen LogP contribution in [0.2, 0.25) is 0 Å². The molecule has 3 aliphatic rings. The summed E-state index contributed by atoms with van der Waals surface area (Å²) in [6.45, 7) is 0.413. The molecule has 2 aromatic rings. The summed E-state index contributed by atoms with van der Waals surface area (Å²) in [7, 11) is 0. The van der Waals surface area contributed by atoms with Crippen LogP contribution in [0.5, 0.6) is 0 Å². The predicted molar refractivity (Wildman–Crippen MR) is 118 cm³/mol. The molecule has 1 saturated carbocycles. The van der Waals surface area contributed by atoms with Gasteiger partial charge in [-0.1, -0.05) is 30.1 Å². The fourth-order valence-corrected chi connectivity index (χ4v) is 5.41. The smallest absolute Gasteiger partial charge is 0.252 e. The average Bonchev–Trinajstić information content (AvgIpc) is 3.50. The van der Waals surface area contributed by atoms with Crippen molar-refractivity contribution in [1.82, 2.24) is 9.62 Å². The lowest BCUT2D eigenvalue weighted by Crippen LogP contribution is -2.51. The first kappa shape index (κ1) is 22.7. The molecule has 33 heavy (non-hydrogen) atoms. The molecular weight excluding hydrogens is 456 g/mol. The Morgan fingerprint density at radius 3 is 2.48 bits per heavy atom. The van der Waals surface area contributed by atoms with Crippen molar-refractivity contribution in [2.45, 2.75) is 55.3 Å². The van der Waals surface area contributed by atoms with Crippen LogP contribution in [-0.4, -0.2) is 53.6 Å². The zero-order chi connectivity index (χ0) is 23.1. The van der Waals surface area contributed by atoms with E-state index in [9.17, 15) is 13.6 Å². The molecule has 1 aliphatic carbocycles. The molecule has 4 atom stereocenters. The number of carbonyl (C=O) groups is 1. The third kappa shape index (κ3) is 4.76. The third-order valence-electron chi connectivity index (χ3n) is 6.41. The minimum Gasteiger partial charge on any atom is -0.368 e. The molecule has 0 aromatic heterocycles. The summed E-state index contributed by atoms with van der Waals surface area (Å²) in [5.41, 5.74) is 0.390. The molecule has 2 aromatic carbocycles. The van der Waals surface area contributed by atoms with E-state index >= 15 is 8.78 Å². The topological polar surface area (TPSA) is 41.6 Å². The number of amides is 1. The molecule has 0 radical (unpaired) electrons. The Labute approximate surface area is 193 Å². The van der Waals surface area contributed by atoms with E-state index in [-0.39, 0.29) is 35.6 Å². The van der Waals surface area contributed by atoms with Gasteiger partial charge in [-0.15, -0.1) is 0 Å². The van der Waals surface area contributed by atoms with Gasteiger partial charge in [0.05, 0.1) is 25.2 Å². The minimum absolute atomic E-state index is 0.0535. The Morgan fingerprint density at radius 1 is 1.12 bits per heavy atom. The molecule has 0 spiro atoms. The highest BCUT2D eigenvalue weighted by Crippen LogP contribution is 2.36. The number of nitrogens with zero attached hydrogens (tertiary/aromatic N) is 1. The van der Waals surface area contributed by atoms with Gasteiger partial charge in [-0.3, -0.25) is 9.52 Å². The summed E-state index contributed by atoms with van der Waals surface area (Å²) < 4.78 is 66.5. The highest BCUT2D eigenvalue weighted by atomic mass is 32.2. The van der Waals surface area contributed by atoms with Gasteiger partial charge in [0.2, 0.25) is 0 Å². The van der Waals surface area contributed by atoms with E-state index in [1.807, 2.05) is 0 Å². The average molecular weight is 481 g/mol. The summed E-state index contributed by atoms with van der Waals surface area (Å²) in [4.78, 5) is 14.4. The number of halogens is 4. The van der Waals surface area contributed by atoms with Crippen LogP contribution in [0, 0.1) is 17.5 Å². The number of benzene rings is 2. The zero-order valence-electron chi connectivity index (χ0n) is 17.8. The number of likely N-dealkylation sites (tertiary alicyclic amines) is 1. The molecule has 3 fully saturated rings. The lowest BCUT2D eigenvalue weighted by Gasteiger charge is -2.34. The highest BCUT2D eigenvalue weighted by Gasteiger charge is 2.47. The van der Waals surface area contributed by atoms with Crippen LogP contribution < -0.4 is 4.72 Å². The van der Waals surface area contributed by atoms with E-state index in [1.165, 1.54) is 22.9 Å². The van der Waals surface area contributed by atoms with E-state index in [4.69, 9.17) is 4.74 Å².